The van der Waals surface area contributed by atoms with Gasteiger partial charge in [0.25, 0.3) is 11.8 Å². The number of fused-ring (bicyclic) bond motifs is 1. The van der Waals surface area contributed by atoms with Crippen LogP contribution in [0.15, 0.2) is 18.2 Å². The minimum atomic E-state index is -1.00. The van der Waals surface area contributed by atoms with Gasteiger partial charge in [-0.15, -0.1) is 0 Å². The van der Waals surface area contributed by atoms with Crippen LogP contribution in [0.25, 0.3) is 0 Å². The maximum absolute atomic E-state index is 13.6. The second-order valence-corrected chi connectivity index (χ2v) is 9.43. The molecule has 0 aromatic heterocycles. The Balaban J connectivity index is 1.92. The molecule has 1 atom stereocenters. The number of methoxy groups -OCH3 is 1. The van der Waals surface area contributed by atoms with Gasteiger partial charge in [0.2, 0.25) is 0 Å². The van der Waals surface area contributed by atoms with Crippen molar-refractivity contribution in [3.8, 4) is 5.75 Å². The zero-order valence-electron chi connectivity index (χ0n) is 20.2. The summed E-state index contributed by atoms with van der Waals surface area (Å²) in [5, 5.41) is 9.41. The van der Waals surface area contributed by atoms with Gasteiger partial charge in [0.05, 0.1) is 11.7 Å². The number of rotatable bonds is 7. The molecular weight excluding hydrogens is 426 g/mol. The molecule has 9 nitrogen and oxygen atoms in total. The Labute approximate surface area is 195 Å². The van der Waals surface area contributed by atoms with E-state index in [4.69, 9.17) is 9.47 Å². The number of amides is 3. The zero-order valence-corrected chi connectivity index (χ0v) is 20.2. The van der Waals surface area contributed by atoms with Crippen LogP contribution in [0.2, 0.25) is 0 Å². The predicted octanol–water partition coefficient (Wildman–Crippen LogP) is 3.22. The zero-order chi connectivity index (χ0) is 24.3. The summed E-state index contributed by atoms with van der Waals surface area (Å²) in [5.41, 5.74) is 0.0151. The summed E-state index contributed by atoms with van der Waals surface area (Å²) in [4.78, 5) is 43.0. The number of ether oxygens (including phenoxy) is 2. The van der Waals surface area contributed by atoms with Crippen molar-refractivity contribution < 1.29 is 29.0 Å². The molecule has 1 saturated heterocycles. The fourth-order valence-electron chi connectivity index (χ4n) is 4.62. The number of anilines is 1. The van der Waals surface area contributed by atoms with E-state index in [0.29, 0.717) is 56.1 Å². The van der Waals surface area contributed by atoms with Crippen LogP contribution in [0.5, 0.6) is 5.75 Å². The number of carbonyl (C=O) groups excluding carboxylic acids is 2. The molecule has 3 rings (SSSR count). The van der Waals surface area contributed by atoms with Gasteiger partial charge in [-0.1, -0.05) is 0 Å². The van der Waals surface area contributed by atoms with Crippen molar-refractivity contribution in [2.45, 2.75) is 64.6 Å². The molecule has 0 bridgehead atoms. The summed E-state index contributed by atoms with van der Waals surface area (Å²) in [6.45, 7) is 9.08. The molecule has 1 fully saturated rings. The number of hydrogen-bond donors (Lipinski definition) is 1. The molecule has 0 unspecified atom stereocenters. The molecule has 0 saturated carbocycles. The Kier molecular flexibility index (Phi) is 7.51. The van der Waals surface area contributed by atoms with Gasteiger partial charge in [-0.3, -0.25) is 9.59 Å². The molecule has 0 aliphatic carbocycles. The van der Waals surface area contributed by atoms with Gasteiger partial charge in [0.1, 0.15) is 5.75 Å². The maximum Gasteiger partial charge on any atom is 0.407 e. The fraction of sp³-hybridized carbons (Fsp3) is 0.625. The number of hydrogen-bond acceptors (Lipinski definition) is 5. The molecule has 2 heterocycles. The number of benzene rings is 1. The topological polar surface area (TPSA) is 99.6 Å². The van der Waals surface area contributed by atoms with E-state index < -0.39 is 11.7 Å². The van der Waals surface area contributed by atoms with Gasteiger partial charge >= 0.3 is 6.09 Å². The van der Waals surface area contributed by atoms with Crippen LogP contribution in [0.3, 0.4) is 0 Å². The van der Waals surface area contributed by atoms with Crippen molar-refractivity contribution in [2.75, 3.05) is 38.3 Å². The highest BCUT2D eigenvalue weighted by Gasteiger charge is 2.41. The molecule has 2 aliphatic heterocycles. The Hall–Kier alpha value is -2.81. The number of carboxylic acid groups (broad SMARTS) is 1. The monoisotopic (exact) mass is 461 g/mol. The second-order valence-electron chi connectivity index (χ2n) is 9.43. The van der Waals surface area contributed by atoms with Crippen molar-refractivity contribution in [1.29, 1.82) is 0 Å². The lowest BCUT2D eigenvalue weighted by Crippen LogP contribution is -2.54. The average Bonchev–Trinajstić information content (AvgIpc) is 2.76. The lowest BCUT2D eigenvalue weighted by Gasteiger charge is -2.41. The van der Waals surface area contributed by atoms with Crippen molar-refractivity contribution in [2.24, 2.45) is 0 Å². The third-order valence-electron chi connectivity index (χ3n) is 6.20. The summed E-state index contributed by atoms with van der Waals surface area (Å²) >= 11 is 0. The summed E-state index contributed by atoms with van der Waals surface area (Å²) in [7, 11) is 1.62. The van der Waals surface area contributed by atoms with Gasteiger partial charge in [-0.05, 0) is 65.2 Å². The van der Waals surface area contributed by atoms with Crippen molar-refractivity contribution >= 4 is 23.6 Å². The fourth-order valence-corrected chi connectivity index (χ4v) is 4.62. The van der Waals surface area contributed by atoms with Crippen LogP contribution >= 0.6 is 0 Å². The van der Waals surface area contributed by atoms with Crippen LogP contribution in [-0.4, -0.2) is 83.8 Å². The van der Waals surface area contributed by atoms with Gasteiger partial charge in [0.15, 0.2) is 5.60 Å². The third kappa shape index (κ3) is 5.24. The summed E-state index contributed by atoms with van der Waals surface area (Å²) in [6.07, 6.45) is 1.15. The van der Waals surface area contributed by atoms with E-state index in [9.17, 15) is 19.5 Å². The lowest BCUT2D eigenvalue weighted by molar-refractivity contribution is -0.132. The van der Waals surface area contributed by atoms with Crippen LogP contribution in [0, 0.1) is 0 Å². The largest absolute Gasteiger partial charge is 0.476 e. The molecular formula is C24H35N3O6. The molecule has 33 heavy (non-hydrogen) atoms. The first-order valence-electron chi connectivity index (χ1n) is 11.5. The highest BCUT2D eigenvalue weighted by molar-refractivity contribution is 6.04. The number of piperidine rings is 1. The first-order chi connectivity index (χ1) is 15.6. The highest BCUT2D eigenvalue weighted by atomic mass is 16.5. The first kappa shape index (κ1) is 24.8. The minimum Gasteiger partial charge on any atom is -0.476 e. The first-order valence-corrected chi connectivity index (χ1v) is 11.5. The Morgan fingerprint density at radius 2 is 2.06 bits per heavy atom. The van der Waals surface area contributed by atoms with Crippen LogP contribution in [0.1, 0.15) is 57.3 Å². The summed E-state index contributed by atoms with van der Waals surface area (Å²) in [6, 6.07) is 4.86. The highest BCUT2D eigenvalue weighted by Crippen LogP contribution is 2.39. The quantitative estimate of drug-likeness (QED) is 0.626. The SMILES string of the molecule is COCCCN1C(=O)C(C)(C)Oc2ccc(C(=O)N(C(C)C)[C@@H]3CCCN(C(=O)O)C3)cc21. The molecule has 2 aliphatic rings. The van der Waals surface area contributed by atoms with Crippen LogP contribution in [0.4, 0.5) is 10.5 Å². The molecule has 3 amide bonds. The van der Waals surface area contributed by atoms with E-state index >= 15 is 0 Å². The molecule has 9 heteroatoms. The van der Waals surface area contributed by atoms with E-state index in [1.807, 2.05) is 13.8 Å². The molecule has 1 aromatic carbocycles. The minimum absolute atomic E-state index is 0.109. The molecule has 182 valence electrons. The van der Waals surface area contributed by atoms with E-state index in [1.165, 1.54) is 4.90 Å². The van der Waals surface area contributed by atoms with Gasteiger partial charge in [-0.25, -0.2) is 4.79 Å². The van der Waals surface area contributed by atoms with Crippen LogP contribution in [-0.2, 0) is 9.53 Å². The standard InChI is InChI=1S/C24H35N3O6/c1-16(2)27(18-8-6-11-25(15-18)23(30)31)21(28)17-9-10-20-19(14-17)26(12-7-13-32-5)22(29)24(3,4)33-20/h9-10,14,16,18H,6-8,11-13,15H2,1-5H3,(H,30,31)/t18-/m1/s1. The second kappa shape index (κ2) is 9.99. The Bertz CT molecular complexity index is 900. The van der Waals surface area contributed by atoms with Crippen molar-refractivity contribution in [3.63, 3.8) is 0 Å². The van der Waals surface area contributed by atoms with E-state index in [2.05, 4.69) is 0 Å². The molecule has 1 aromatic rings. The van der Waals surface area contributed by atoms with Gasteiger partial charge in [-0.2, -0.15) is 0 Å². The summed E-state index contributed by atoms with van der Waals surface area (Å²) in [5.74, 6) is 0.208. The molecule has 1 N–H and O–H groups in total. The van der Waals surface area contributed by atoms with E-state index in [-0.39, 0.29) is 23.9 Å². The number of carbonyl (C=O) groups is 3. The molecule has 0 spiro atoms. The lowest BCUT2D eigenvalue weighted by atomic mass is 9.99. The maximum atomic E-state index is 13.6. The normalized spacial score (nSPS) is 19.8. The van der Waals surface area contributed by atoms with Crippen molar-refractivity contribution in [1.82, 2.24) is 9.80 Å². The predicted molar refractivity (Wildman–Crippen MR) is 124 cm³/mol. The third-order valence-corrected chi connectivity index (χ3v) is 6.20. The van der Waals surface area contributed by atoms with Gasteiger partial charge < -0.3 is 29.3 Å². The van der Waals surface area contributed by atoms with E-state index in [0.717, 1.165) is 6.42 Å². The molecule has 0 radical (unpaired) electrons. The smallest absolute Gasteiger partial charge is 0.407 e. The average molecular weight is 462 g/mol. The number of likely N-dealkylation sites (tertiary alicyclic amines) is 1. The van der Waals surface area contributed by atoms with Crippen LogP contribution < -0.4 is 9.64 Å². The van der Waals surface area contributed by atoms with Crippen molar-refractivity contribution in [3.05, 3.63) is 23.8 Å². The Morgan fingerprint density at radius 3 is 2.70 bits per heavy atom. The Morgan fingerprint density at radius 1 is 1.33 bits per heavy atom. The van der Waals surface area contributed by atoms with E-state index in [1.54, 1.807) is 49.0 Å². The summed E-state index contributed by atoms with van der Waals surface area (Å²) < 4.78 is 11.1. The number of nitrogens with zero attached hydrogens (tertiary/aromatic N) is 3. The van der Waals surface area contributed by atoms with Gasteiger partial charge in [0, 0.05) is 45.0 Å².